The minimum absolute atomic E-state index is 0.0775. The smallest absolute Gasteiger partial charge is 0.151 e. The van der Waals surface area contributed by atoms with E-state index >= 15 is 0 Å². The fourth-order valence-corrected chi connectivity index (χ4v) is 1.92. The molecule has 0 unspecified atom stereocenters. The van der Waals surface area contributed by atoms with Crippen LogP contribution in [-0.2, 0) is 15.6 Å². The summed E-state index contributed by atoms with van der Waals surface area (Å²) in [4.78, 5) is 0. The third-order valence-corrected chi connectivity index (χ3v) is 2.62. The van der Waals surface area contributed by atoms with E-state index in [1.807, 2.05) is 6.92 Å². The molecule has 0 heterocycles. The Morgan fingerprint density at radius 2 is 2.00 bits per heavy atom. The SMILES string of the molecule is Cc1cc(CS(C)(=O)=O)ccc1N. The normalized spacial score (nSPS) is 11.5. The van der Waals surface area contributed by atoms with Crippen LogP contribution in [0, 0.1) is 6.92 Å². The number of hydrogen-bond acceptors (Lipinski definition) is 3. The van der Waals surface area contributed by atoms with Crippen molar-refractivity contribution in [3.63, 3.8) is 0 Å². The molecule has 1 rings (SSSR count). The fraction of sp³-hybridized carbons (Fsp3) is 0.333. The number of rotatable bonds is 2. The summed E-state index contributed by atoms with van der Waals surface area (Å²) in [7, 11) is -2.95. The summed E-state index contributed by atoms with van der Waals surface area (Å²) >= 11 is 0. The Morgan fingerprint density at radius 3 is 2.46 bits per heavy atom. The van der Waals surface area contributed by atoms with Gasteiger partial charge in [0.2, 0.25) is 0 Å². The van der Waals surface area contributed by atoms with Crippen LogP contribution in [0.4, 0.5) is 5.69 Å². The molecule has 0 aliphatic carbocycles. The number of nitrogen functional groups attached to an aromatic ring is 1. The summed E-state index contributed by atoms with van der Waals surface area (Å²) in [6.45, 7) is 1.86. The Balaban J connectivity index is 2.99. The first kappa shape index (κ1) is 10.1. The molecular formula is C9H13NO2S. The molecule has 0 aliphatic heterocycles. The number of benzene rings is 1. The maximum Gasteiger partial charge on any atom is 0.151 e. The highest BCUT2D eigenvalue weighted by atomic mass is 32.2. The third kappa shape index (κ3) is 3.06. The van der Waals surface area contributed by atoms with Crippen LogP contribution in [0.2, 0.25) is 0 Å². The van der Waals surface area contributed by atoms with Gasteiger partial charge in [-0.1, -0.05) is 12.1 Å². The minimum atomic E-state index is -2.95. The van der Waals surface area contributed by atoms with Crippen molar-refractivity contribution in [3.8, 4) is 0 Å². The molecular weight excluding hydrogens is 186 g/mol. The molecule has 0 bridgehead atoms. The average Bonchev–Trinajstić information content (AvgIpc) is 1.94. The lowest BCUT2D eigenvalue weighted by atomic mass is 10.1. The van der Waals surface area contributed by atoms with Crippen LogP contribution in [-0.4, -0.2) is 14.7 Å². The summed E-state index contributed by atoms with van der Waals surface area (Å²) in [5, 5.41) is 0. The van der Waals surface area contributed by atoms with Gasteiger partial charge in [0.1, 0.15) is 0 Å². The zero-order chi connectivity index (χ0) is 10.1. The van der Waals surface area contributed by atoms with Crippen LogP contribution < -0.4 is 5.73 Å². The highest BCUT2D eigenvalue weighted by Gasteiger charge is 2.04. The van der Waals surface area contributed by atoms with Gasteiger partial charge in [0.15, 0.2) is 9.84 Å². The summed E-state index contributed by atoms with van der Waals surface area (Å²) in [5.74, 6) is 0.0775. The molecule has 4 heteroatoms. The van der Waals surface area contributed by atoms with Crippen LogP contribution in [0.3, 0.4) is 0 Å². The van der Waals surface area contributed by atoms with Crippen molar-refractivity contribution in [1.82, 2.24) is 0 Å². The molecule has 0 aliphatic rings. The van der Waals surface area contributed by atoms with Crippen LogP contribution in [0.15, 0.2) is 18.2 Å². The maximum atomic E-state index is 11.0. The average molecular weight is 199 g/mol. The molecule has 0 aromatic heterocycles. The Morgan fingerprint density at radius 1 is 1.38 bits per heavy atom. The quantitative estimate of drug-likeness (QED) is 0.726. The lowest BCUT2D eigenvalue weighted by molar-refractivity contribution is 0.601. The Hall–Kier alpha value is -1.03. The summed E-state index contributed by atoms with van der Waals surface area (Å²) in [6.07, 6.45) is 1.22. The van der Waals surface area contributed by atoms with Crippen molar-refractivity contribution < 1.29 is 8.42 Å². The summed E-state index contributed by atoms with van der Waals surface area (Å²) < 4.78 is 21.9. The first-order valence-electron chi connectivity index (χ1n) is 3.91. The van der Waals surface area contributed by atoms with Gasteiger partial charge in [-0.15, -0.1) is 0 Å². The van der Waals surface area contributed by atoms with E-state index in [0.29, 0.717) is 5.69 Å². The number of aryl methyl sites for hydroxylation is 1. The lowest BCUT2D eigenvalue weighted by Gasteiger charge is -2.03. The predicted molar refractivity (Wildman–Crippen MR) is 54.1 cm³/mol. The van der Waals surface area contributed by atoms with Crippen molar-refractivity contribution in [2.24, 2.45) is 0 Å². The molecule has 0 amide bonds. The van der Waals surface area contributed by atoms with E-state index in [-0.39, 0.29) is 5.75 Å². The van der Waals surface area contributed by atoms with Crippen LogP contribution in [0.1, 0.15) is 11.1 Å². The van der Waals surface area contributed by atoms with Crippen LogP contribution >= 0.6 is 0 Å². The summed E-state index contributed by atoms with van der Waals surface area (Å²) in [6, 6.07) is 5.27. The number of anilines is 1. The molecule has 2 N–H and O–H groups in total. The van der Waals surface area contributed by atoms with Crippen molar-refractivity contribution in [1.29, 1.82) is 0 Å². The molecule has 13 heavy (non-hydrogen) atoms. The monoisotopic (exact) mass is 199 g/mol. The van der Waals surface area contributed by atoms with Gasteiger partial charge in [0.25, 0.3) is 0 Å². The van der Waals surface area contributed by atoms with Crippen molar-refractivity contribution in [2.45, 2.75) is 12.7 Å². The van der Waals surface area contributed by atoms with Crippen molar-refractivity contribution >= 4 is 15.5 Å². The van der Waals surface area contributed by atoms with Crippen molar-refractivity contribution in [3.05, 3.63) is 29.3 Å². The van der Waals surface area contributed by atoms with E-state index in [9.17, 15) is 8.42 Å². The zero-order valence-electron chi connectivity index (χ0n) is 7.74. The van der Waals surface area contributed by atoms with Gasteiger partial charge >= 0.3 is 0 Å². The van der Waals surface area contributed by atoms with E-state index in [1.165, 1.54) is 6.26 Å². The molecule has 3 nitrogen and oxygen atoms in total. The molecule has 0 atom stereocenters. The third-order valence-electron chi connectivity index (χ3n) is 1.76. The molecule has 0 saturated carbocycles. The van der Waals surface area contributed by atoms with E-state index in [1.54, 1.807) is 18.2 Å². The second-order valence-corrected chi connectivity index (χ2v) is 5.40. The Labute approximate surface area is 78.5 Å². The Kier molecular flexibility index (Phi) is 2.61. The second-order valence-electron chi connectivity index (χ2n) is 3.26. The molecule has 0 fully saturated rings. The van der Waals surface area contributed by atoms with E-state index in [4.69, 9.17) is 5.73 Å². The van der Waals surface area contributed by atoms with E-state index < -0.39 is 9.84 Å². The molecule has 0 saturated heterocycles. The Bertz CT molecular complexity index is 410. The van der Waals surface area contributed by atoms with Gasteiger partial charge in [-0.25, -0.2) is 8.42 Å². The van der Waals surface area contributed by atoms with Gasteiger partial charge in [-0.05, 0) is 24.1 Å². The molecule has 1 aromatic rings. The molecule has 1 aromatic carbocycles. The van der Waals surface area contributed by atoms with Gasteiger partial charge < -0.3 is 5.73 Å². The van der Waals surface area contributed by atoms with E-state index in [2.05, 4.69) is 0 Å². The van der Waals surface area contributed by atoms with Gasteiger partial charge in [0, 0.05) is 11.9 Å². The van der Waals surface area contributed by atoms with Crippen LogP contribution in [0.25, 0.3) is 0 Å². The largest absolute Gasteiger partial charge is 0.399 e. The maximum absolute atomic E-state index is 11.0. The van der Waals surface area contributed by atoms with Gasteiger partial charge in [-0.3, -0.25) is 0 Å². The van der Waals surface area contributed by atoms with Crippen LogP contribution in [0.5, 0.6) is 0 Å². The first-order valence-corrected chi connectivity index (χ1v) is 5.97. The first-order chi connectivity index (χ1) is 5.88. The molecule has 72 valence electrons. The van der Waals surface area contributed by atoms with E-state index in [0.717, 1.165) is 11.1 Å². The minimum Gasteiger partial charge on any atom is -0.399 e. The number of sulfone groups is 1. The number of hydrogen-bond donors (Lipinski definition) is 1. The highest BCUT2D eigenvalue weighted by molar-refractivity contribution is 7.89. The van der Waals surface area contributed by atoms with Gasteiger partial charge in [-0.2, -0.15) is 0 Å². The molecule has 0 spiro atoms. The zero-order valence-corrected chi connectivity index (χ0v) is 8.56. The number of nitrogens with two attached hydrogens (primary N) is 1. The highest BCUT2D eigenvalue weighted by Crippen LogP contribution is 2.14. The second kappa shape index (κ2) is 3.38. The fourth-order valence-electron chi connectivity index (χ4n) is 1.13. The topological polar surface area (TPSA) is 60.2 Å². The lowest BCUT2D eigenvalue weighted by Crippen LogP contribution is -2.01. The van der Waals surface area contributed by atoms with Crippen molar-refractivity contribution in [2.75, 3.05) is 12.0 Å². The molecule has 0 radical (unpaired) electrons. The van der Waals surface area contributed by atoms with Gasteiger partial charge in [0.05, 0.1) is 5.75 Å². The summed E-state index contributed by atoms with van der Waals surface area (Å²) in [5.41, 5.74) is 8.00. The standard InChI is InChI=1S/C9H13NO2S/c1-7-5-8(3-4-9(7)10)6-13(2,11)12/h3-5H,6,10H2,1-2H3. The predicted octanol–water partition coefficient (Wildman–Crippen LogP) is 1.12.